The van der Waals surface area contributed by atoms with Gasteiger partial charge in [-0.05, 0) is 44.8 Å². The highest BCUT2D eigenvalue weighted by Gasteiger charge is 2.27. The van der Waals surface area contributed by atoms with Crippen LogP contribution in [0.25, 0.3) is 22.8 Å². The number of alkyl halides is 2. The van der Waals surface area contributed by atoms with E-state index in [2.05, 4.69) is 45.5 Å². The second kappa shape index (κ2) is 9.67. The third-order valence-corrected chi connectivity index (χ3v) is 6.28. The summed E-state index contributed by atoms with van der Waals surface area (Å²) in [5, 5.41) is 10.7. The number of carbonyl (C=O) groups is 1. The molecule has 7 nitrogen and oxygen atoms in total. The first-order valence-corrected chi connectivity index (χ1v) is 11.4. The Balaban J connectivity index is 1.68. The molecule has 168 valence electrons. The summed E-state index contributed by atoms with van der Waals surface area (Å²) in [5.74, 6) is 0.465. The number of amides is 1. The van der Waals surface area contributed by atoms with Crippen molar-refractivity contribution in [3.63, 3.8) is 0 Å². The Morgan fingerprint density at radius 1 is 1.22 bits per heavy atom. The minimum atomic E-state index is -1.18. The maximum absolute atomic E-state index is 12.0. The summed E-state index contributed by atoms with van der Waals surface area (Å²) in [6.45, 7) is 1.85. The number of aromatic amines is 1. The van der Waals surface area contributed by atoms with Gasteiger partial charge in [-0.15, -0.1) is 0 Å². The molecule has 32 heavy (non-hydrogen) atoms. The lowest BCUT2D eigenvalue weighted by Crippen LogP contribution is -2.31. The molecule has 0 radical (unpaired) electrons. The number of aromatic nitrogens is 3. The van der Waals surface area contributed by atoms with Crippen LogP contribution in [0.4, 0.5) is 11.4 Å². The molecule has 0 saturated carbocycles. The standard InChI is InChI=1S/C22H23Cl3N6O/c1-30(2)13-10-11-31(12-13)17-9-5-7-15(23)18(17)21-27-20(28-29-21)14-6-3-4-8-16(14)26-22(32)19(24)25/h3-9,13,19H,10-12H2,1-2H3,(H,26,32)(H,27,28,29). The molecule has 10 heteroatoms. The number of para-hydroxylation sites is 1. The highest BCUT2D eigenvalue weighted by Crippen LogP contribution is 2.38. The summed E-state index contributed by atoms with van der Waals surface area (Å²) in [6.07, 6.45) is 1.08. The number of nitrogens with one attached hydrogen (secondary N) is 2. The second-order valence-electron chi connectivity index (χ2n) is 7.83. The van der Waals surface area contributed by atoms with Gasteiger partial charge < -0.3 is 15.1 Å². The fraction of sp³-hybridized carbons (Fsp3) is 0.318. The molecule has 1 aliphatic heterocycles. The lowest BCUT2D eigenvalue weighted by molar-refractivity contribution is -0.114. The Labute approximate surface area is 201 Å². The van der Waals surface area contributed by atoms with E-state index in [1.54, 1.807) is 12.1 Å². The molecule has 1 aliphatic rings. The molecule has 2 aromatic carbocycles. The van der Waals surface area contributed by atoms with E-state index in [0.717, 1.165) is 30.8 Å². The summed E-state index contributed by atoms with van der Waals surface area (Å²) in [5.41, 5.74) is 2.97. The van der Waals surface area contributed by atoms with Crippen LogP contribution in [0.3, 0.4) is 0 Å². The van der Waals surface area contributed by atoms with Crippen molar-refractivity contribution in [3.05, 3.63) is 47.5 Å². The molecule has 1 amide bonds. The van der Waals surface area contributed by atoms with Crippen LogP contribution in [0.2, 0.25) is 5.02 Å². The summed E-state index contributed by atoms with van der Waals surface area (Å²) in [4.78, 5) is 20.1. The summed E-state index contributed by atoms with van der Waals surface area (Å²) in [6, 6.07) is 13.5. The van der Waals surface area contributed by atoms with Crippen molar-refractivity contribution in [3.8, 4) is 22.8 Å². The zero-order chi connectivity index (χ0) is 22.8. The van der Waals surface area contributed by atoms with Crippen LogP contribution in [0.5, 0.6) is 0 Å². The van der Waals surface area contributed by atoms with E-state index < -0.39 is 10.7 Å². The molecule has 1 atom stereocenters. The van der Waals surface area contributed by atoms with Gasteiger partial charge in [-0.3, -0.25) is 9.89 Å². The first-order chi connectivity index (χ1) is 15.3. The van der Waals surface area contributed by atoms with Crippen LogP contribution >= 0.6 is 34.8 Å². The van der Waals surface area contributed by atoms with Crippen LogP contribution in [0.15, 0.2) is 42.5 Å². The summed E-state index contributed by atoms with van der Waals surface area (Å²) < 4.78 is 0. The maximum atomic E-state index is 12.0. The van der Waals surface area contributed by atoms with E-state index in [9.17, 15) is 4.79 Å². The smallest absolute Gasteiger partial charge is 0.257 e. The number of rotatable bonds is 6. The van der Waals surface area contributed by atoms with Gasteiger partial charge in [-0.1, -0.05) is 53.0 Å². The minimum absolute atomic E-state index is 0.426. The molecular weight excluding hydrogens is 471 g/mol. The number of likely N-dealkylation sites (N-methyl/N-ethyl adjacent to an activating group) is 1. The number of carbonyl (C=O) groups excluding carboxylic acids is 1. The predicted molar refractivity (Wildman–Crippen MR) is 131 cm³/mol. The first-order valence-electron chi connectivity index (χ1n) is 10.2. The predicted octanol–water partition coefficient (Wildman–Crippen LogP) is 4.67. The Morgan fingerprint density at radius 3 is 2.72 bits per heavy atom. The van der Waals surface area contributed by atoms with Crippen molar-refractivity contribution in [1.82, 2.24) is 20.1 Å². The Morgan fingerprint density at radius 2 is 2.00 bits per heavy atom. The number of hydrogen-bond acceptors (Lipinski definition) is 5. The van der Waals surface area contributed by atoms with Crippen molar-refractivity contribution in [2.45, 2.75) is 17.3 Å². The van der Waals surface area contributed by atoms with Gasteiger partial charge in [-0.25, -0.2) is 4.98 Å². The number of benzene rings is 2. The Bertz CT molecular complexity index is 1120. The van der Waals surface area contributed by atoms with Crippen molar-refractivity contribution < 1.29 is 4.79 Å². The highest BCUT2D eigenvalue weighted by molar-refractivity contribution is 6.54. The Kier molecular flexibility index (Phi) is 6.90. The SMILES string of the molecule is CN(C)C1CCN(c2cccc(Cl)c2-c2nc(-c3ccccc3NC(=O)C(Cl)Cl)n[nH]2)C1. The third kappa shape index (κ3) is 4.71. The molecule has 1 aromatic heterocycles. The summed E-state index contributed by atoms with van der Waals surface area (Å²) in [7, 11) is 4.20. The van der Waals surface area contributed by atoms with E-state index in [1.807, 2.05) is 24.3 Å². The number of nitrogens with zero attached hydrogens (tertiary/aromatic N) is 4. The van der Waals surface area contributed by atoms with E-state index in [1.165, 1.54) is 0 Å². The highest BCUT2D eigenvalue weighted by atomic mass is 35.5. The van der Waals surface area contributed by atoms with E-state index >= 15 is 0 Å². The van der Waals surface area contributed by atoms with Crippen LogP contribution in [-0.2, 0) is 4.79 Å². The molecule has 0 aliphatic carbocycles. The minimum Gasteiger partial charge on any atom is -0.369 e. The topological polar surface area (TPSA) is 77.2 Å². The zero-order valence-corrected chi connectivity index (χ0v) is 19.9. The van der Waals surface area contributed by atoms with Crippen molar-refractivity contribution in [2.24, 2.45) is 0 Å². The van der Waals surface area contributed by atoms with Gasteiger partial charge in [0.1, 0.15) is 0 Å². The molecule has 1 saturated heterocycles. The average Bonchev–Trinajstić information content (AvgIpc) is 3.44. The molecule has 0 spiro atoms. The largest absolute Gasteiger partial charge is 0.369 e. The van der Waals surface area contributed by atoms with Gasteiger partial charge in [0.25, 0.3) is 5.91 Å². The van der Waals surface area contributed by atoms with Crippen LogP contribution < -0.4 is 10.2 Å². The normalized spacial score (nSPS) is 16.2. The second-order valence-corrected chi connectivity index (χ2v) is 9.33. The number of hydrogen-bond donors (Lipinski definition) is 2. The molecule has 0 bridgehead atoms. The van der Waals surface area contributed by atoms with Crippen LogP contribution in [-0.4, -0.2) is 64.1 Å². The lowest BCUT2D eigenvalue weighted by atomic mass is 10.1. The van der Waals surface area contributed by atoms with Gasteiger partial charge in [-0.2, -0.15) is 5.10 Å². The first kappa shape index (κ1) is 22.9. The number of halogens is 3. The van der Waals surface area contributed by atoms with E-state index in [0.29, 0.717) is 34.0 Å². The molecule has 4 rings (SSSR count). The fourth-order valence-electron chi connectivity index (χ4n) is 3.86. The van der Waals surface area contributed by atoms with Crippen molar-refractivity contribution in [1.29, 1.82) is 0 Å². The van der Waals surface area contributed by atoms with Crippen LogP contribution in [0.1, 0.15) is 6.42 Å². The Hall–Kier alpha value is -2.32. The van der Waals surface area contributed by atoms with E-state index in [-0.39, 0.29) is 0 Å². The lowest BCUT2D eigenvalue weighted by Gasteiger charge is -2.24. The molecular formula is C22H23Cl3N6O. The van der Waals surface area contributed by atoms with Gasteiger partial charge in [0.15, 0.2) is 16.5 Å². The van der Waals surface area contributed by atoms with Crippen molar-refractivity contribution >= 4 is 52.1 Å². The van der Waals surface area contributed by atoms with Crippen molar-refractivity contribution in [2.75, 3.05) is 37.4 Å². The monoisotopic (exact) mass is 492 g/mol. The quantitative estimate of drug-likeness (QED) is 0.488. The average molecular weight is 494 g/mol. The number of anilines is 2. The molecule has 2 N–H and O–H groups in total. The zero-order valence-electron chi connectivity index (χ0n) is 17.6. The van der Waals surface area contributed by atoms with Crippen LogP contribution in [0, 0.1) is 0 Å². The van der Waals surface area contributed by atoms with E-state index in [4.69, 9.17) is 39.8 Å². The molecule has 2 heterocycles. The molecule has 3 aromatic rings. The third-order valence-electron chi connectivity index (χ3n) is 5.57. The van der Waals surface area contributed by atoms with Gasteiger partial charge >= 0.3 is 0 Å². The molecule has 1 unspecified atom stereocenters. The fourth-order valence-corrected chi connectivity index (χ4v) is 4.23. The maximum Gasteiger partial charge on any atom is 0.257 e. The van der Waals surface area contributed by atoms with Gasteiger partial charge in [0.05, 0.1) is 16.3 Å². The summed E-state index contributed by atoms with van der Waals surface area (Å²) >= 11 is 18.0. The van der Waals surface area contributed by atoms with Gasteiger partial charge in [0, 0.05) is 30.4 Å². The van der Waals surface area contributed by atoms with Gasteiger partial charge in [0.2, 0.25) is 0 Å². The molecule has 1 fully saturated rings. The number of H-pyrrole nitrogens is 1.